The molecule has 0 atom stereocenters. The molecule has 4 rings (SSSR count). The van der Waals surface area contributed by atoms with E-state index >= 15 is 0 Å². The first-order valence-electron chi connectivity index (χ1n) is 8.79. The molecule has 0 aliphatic heterocycles. The smallest absolute Gasteiger partial charge is 0.511 e. The molecule has 0 radical (unpaired) electrons. The van der Waals surface area contributed by atoms with E-state index in [2.05, 4.69) is 0 Å². The summed E-state index contributed by atoms with van der Waals surface area (Å²) in [4.78, 5) is 12.4. The van der Waals surface area contributed by atoms with E-state index in [0.717, 1.165) is 17.4 Å². The molecule has 0 heterocycles. The van der Waals surface area contributed by atoms with Crippen LogP contribution >= 0.6 is 0 Å². The first-order chi connectivity index (χ1) is 13.6. The molecular weight excluding hydrogens is 356 g/mol. The van der Waals surface area contributed by atoms with E-state index in [4.69, 9.17) is 9.47 Å². The van der Waals surface area contributed by atoms with Gasteiger partial charge in [0.15, 0.2) is 0 Å². The molecule has 0 spiro atoms. The third kappa shape index (κ3) is 3.02. The van der Waals surface area contributed by atoms with Crippen molar-refractivity contribution >= 4 is 11.7 Å². The van der Waals surface area contributed by atoms with E-state index in [1.807, 2.05) is 42.5 Å². The van der Waals surface area contributed by atoms with Crippen molar-refractivity contribution in [1.82, 2.24) is 0 Å². The average molecular weight is 374 g/mol. The molecule has 5 nitrogen and oxygen atoms in total. The molecule has 0 saturated heterocycles. The first-order valence-corrected chi connectivity index (χ1v) is 8.79. The fourth-order valence-corrected chi connectivity index (χ4v) is 3.42. The van der Waals surface area contributed by atoms with Gasteiger partial charge < -0.3 is 19.7 Å². The summed E-state index contributed by atoms with van der Waals surface area (Å²) in [5, 5.41) is 20.7. The highest BCUT2D eigenvalue weighted by Crippen LogP contribution is 2.48. The van der Waals surface area contributed by atoms with Gasteiger partial charge in [0.25, 0.3) is 5.79 Å². The van der Waals surface area contributed by atoms with Crippen LogP contribution in [0.3, 0.4) is 0 Å². The highest BCUT2D eigenvalue weighted by Gasteiger charge is 2.45. The maximum absolute atomic E-state index is 12.4. The quantitative estimate of drug-likeness (QED) is 0.396. The van der Waals surface area contributed by atoms with E-state index in [9.17, 15) is 15.0 Å². The summed E-state index contributed by atoms with van der Waals surface area (Å²) in [5.74, 6) is -1.93. The molecule has 140 valence electrons. The molecule has 1 aliphatic carbocycles. The van der Waals surface area contributed by atoms with Crippen LogP contribution in [-0.2, 0) is 15.3 Å². The highest BCUT2D eigenvalue weighted by atomic mass is 16.8. The minimum atomic E-state index is -1.93. The number of fused-ring (bicyclic) bond motifs is 3. The number of hydrogen-bond donors (Lipinski definition) is 2. The Balaban J connectivity index is 1.55. The summed E-state index contributed by atoms with van der Waals surface area (Å²) < 4.78 is 10.5. The molecular formula is C23H18O5. The van der Waals surface area contributed by atoms with E-state index in [1.165, 1.54) is 0 Å². The van der Waals surface area contributed by atoms with Crippen molar-refractivity contribution in [2.75, 3.05) is 6.61 Å². The number of benzene rings is 3. The maximum Gasteiger partial charge on any atom is 0.511 e. The number of carbonyl (C=O) groups is 1. The van der Waals surface area contributed by atoms with Crippen LogP contribution in [0.4, 0.5) is 4.79 Å². The first kappa shape index (κ1) is 17.8. The van der Waals surface area contributed by atoms with Crippen molar-refractivity contribution in [3.8, 4) is 11.1 Å². The zero-order valence-electron chi connectivity index (χ0n) is 14.9. The lowest BCUT2D eigenvalue weighted by atomic mass is 10.0. The molecule has 3 aromatic rings. The summed E-state index contributed by atoms with van der Waals surface area (Å²) in [7, 11) is 0. The minimum Gasteiger partial charge on any atom is -0.515 e. The van der Waals surface area contributed by atoms with Crippen molar-refractivity contribution in [3.05, 3.63) is 102 Å². The average Bonchev–Trinajstić information content (AvgIpc) is 2.98. The van der Waals surface area contributed by atoms with Gasteiger partial charge in [0.1, 0.15) is 6.61 Å². The molecule has 5 heteroatoms. The number of ether oxygens (including phenoxy) is 2. The Bertz CT molecular complexity index is 994. The van der Waals surface area contributed by atoms with Gasteiger partial charge in [-0.1, -0.05) is 78.9 Å². The second-order valence-corrected chi connectivity index (χ2v) is 6.40. The van der Waals surface area contributed by atoms with Gasteiger partial charge in [0.05, 0.1) is 6.26 Å². The summed E-state index contributed by atoms with van der Waals surface area (Å²) in [6.07, 6.45) is -0.151. The van der Waals surface area contributed by atoms with Crippen molar-refractivity contribution in [2.24, 2.45) is 0 Å². The van der Waals surface area contributed by atoms with Crippen LogP contribution < -0.4 is 0 Å². The highest BCUT2D eigenvalue weighted by molar-refractivity contribution is 5.80. The number of hydrogen-bond acceptors (Lipinski definition) is 5. The van der Waals surface area contributed by atoms with Crippen molar-refractivity contribution in [1.29, 1.82) is 0 Å². The minimum absolute atomic E-state index is 0.196. The van der Waals surface area contributed by atoms with Crippen molar-refractivity contribution in [3.63, 3.8) is 0 Å². The van der Waals surface area contributed by atoms with Crippen molar-refractivity contribution in [2.45, 2.75) is 5.79 Å². The van der Waals surface area contributed by atoms with Crippen LogP contribution in [0.15, 0.2) is 85.1 Å². The van der Waals surface area contributed by atoms with Gasteiger partial charge in [-0.05, 0) is 16.7 Å². The second kappa shape index (κ2) is 7.21. The Morgan fingerprint density at radius 2 is 1.39 bits per heavy atom. The summed E-state index contributed by atoms with van der Waals surface area (Å²) in [6, 6.07) is 23.5. The number of rotatable bonds is 4. The van der Waals surface area contributed by atoms with E-state index in [1.54, 1.807) is 36.4 Å². The van der Waals surface area contributed by atoms with Gasteiger partial charge in [-0.25, -0.2) is 4.79 Å². The Labute approximate surface area is 162 Å². The fraction of sp³-hybridized carbons (Fsp3) is 0.0870. The van der Waals surface area contributed by atoms with Gasteiger partial charge in [0.2, 0.25) is 0 Å². The van der Waals surface area contributed by atoms with Crippen LogP contribution in [0.1, 0.15) is 16.7 Å². The van der Waals surface area contributed by atoms with Gasteiger partial charge in [-0.2, -0.15) is 0 Å². The van der Waals surface area contributed by atoms with Gasteiger partial charge in [0, 0.05) is 16.7 Å². The zero-order valence-corrected chi connectivity index (χ0v) is 14.9. The van der Waals surface area contributed by atoms with E-state index in [-0.39, 0.29) is 6.61 Å². The molecule has 0 unspecified atom stereocenters. The molecule has 2 N–H and O–H groups in total. The lowest BCUT2D eigenvalue weighted by molar-refractivity contribution is -0.149. The predicted molar refractivity (Wildman–Crippen MR) is 104 cm³/mol. The van der Waals surface area contributed by atoms with Gasteiger partial charge in [-0.3, -0.25) is 0 Å². The van der Waals surface area contributed by atoms with Crippen molar-refractivity contribution < 1.29 is 24.5 Å². The standard InChI is InChI=1S/C23H18O5/c24-14-17(16-8-2-1-3-9-16)15-27-22(25)28-23(26)20-12-6-4-10-18(20)19-11-5-7-13-21(19)23/h1-14,24,26H,15H2. The number of carbonyl (C=O) groups excluding carboxylic acids is 1. The summed E-state index contributed by atoms with van der Waals surface area (Å²) >= 11 is 0. The number of aliphatic hydroxyl groups is 2. The Morgan fingerprint density at radius 1 is 0.857 bits per heavy atom. The van der Waals surface area contributed by atoms with Crippen LogP contribution in [0, 0.1) is 0 Å². The summed E-state index contributed by atoms with van der Waals surface area (Å²) in [6.45, 7) is -0.196. The van der Waals surface area contributed by atoms with Gasteiger partial charge in [-0.15, -0.1) is 0 Å². The van der Waals surface area contributed by atoms with Crippen LogP contribution in [-0.4, -0.2) is 23.0 Å². The Hall–Kier alpha value is -3.57. The van der Waals surface area contributed by atoms with Gasteiger partial charge >= 0.3 is 6.16 Å². The Morgan fingerprint density at radius 3 is 1.96 bits per heavy atom. The van der Waals surface area contributed by atoms with E-state index < -0.39 is 11.9 Å². The number of aliphatic hydroxyl groups excluding tert-OH is 1. The monoisotopic (exact) mass is 374 g/mol. The van der Waals surface area contributed by atoms with E-state index in [0.29, 0.717) is 22.3 Å². The second-order valence-electron chi connectivity index (χ2n) is 6.40. The predicted octanol–water partition coefficient (Wildman–Crippen LogP) is 4.61. The largest absolute Gasteiger partial charge is 0.515 e. The van der Waals surface area contributed by atoms with Crippen LogP contribution in [0.5, 0.6) is 0 Å². The zero-order chi connectivity index (χ0) is 19.6. The SMILES string of the molecule is O=C(OCC(=CO)c1ccccc1)OC1(O)c2ccccc2-c2ccccc21. The molecule has 0 saturated carbocycles. The lowest BCUT2D eigenvalue weighted by Gasteiger charge is -2.25. The van der Waals surface area contributed by atoms with Crippen LogP contribution in [0.25, 0.3) is 16.7 Å². The fourth-order valence-electron chi connectivity index (χ4n) is 3.42. The summed E-state index contributed by atoms with van der Waals surface area (Å²) in [5.41, 5.74) is 3.69. The third-order valence-corrected chi connectivity index (χ3v) is 4.75. The molecule has 1 aliphatic rings. The molecule has 0 aromatic heterocycles. The van der Waals surface area contributed by atoms with Crippen LogP contribution in [0.2, 0.25) is 0 Å². The normalized spacial score (nSPS) is 14.1. The molecule has 0 fully saturated rings. The molecule has 0 amide bonds. The molecule has 0 bridgehead atoms. The molecule has 3 aromatic carbocycles. The topological polar surface area (TPSA) is 76.0 Å². The molecule has 28 heavy (non-hydrogen) atoms. The third-order valence-electron chi connectivity index (χ3n) is 4.75. The Kier molecular flexibility index (Phi) is 4.59. The maximum atomic E-state index is 12.4. The lowest BCUT2D eigenvalue weighted by Crippen LogP contribution is -2.32.